The Hall–Kier alpha value is -2.95. The molecular formula is C22H13Cl2FN2O. The molecule has 0 saturated carbocycles. The average Bonchev–Trinajstić information content (AvgIpc) is 3.01. The van der Waals surface area contributed by atoms with E-state index < -0.39 is 0 Å². The van der Waals surface area contributed by atoms with Crippen molar-refractivity contribution < 1.29 is 9.18 Å². The van der Waals surface area contributed by atoms with Gasteiger partial charge >= 0.3 is 0 Å². The van der Waals surface area contributed by atoms with E-state index in [0.29, 0.717) is 32.7 Å². The van der Waals surface area contributed by atoms with Crippen molar-refractivity contribution in [2.45, 2.75) is 0 Å². The van der Waals surface area contributed by atoms with Crippen LogP contribution in [0.1, 0.15) is 11.1 Å². The van der Waals surface area contributed by atoms with Crippen molar-refractivity contribution in [1.82, 2.24) is 0 Å². The molecule has 0 radical (unpaired) electrons. The SMILES string of the molecule is O=C1/C(=C\c2ccc(F)cc2)N=C(c2ccccc2Cl)N1c1ccc(Cl)cc1. The van der Waals surface area contributed by atoms with Crippen molar-refractivity contribution in [1.29, 1.82) is 0 Å². The monoisotopic (exact) mass is 410 g/mol. The van der Waals surface area contributed by atoms with E-state index in [9.17, 15) is 9.18 Å². The van der Waals surface area contributed by atoms with Gasteiger partial charge in [-0.3, -0.25) is 9.69 Å². The van der Waals surface area contributed by atoms with Crippen molar-refractivity contribution in [3.05, 3.63) is 105 Å². The molecule has 4 rings (SSSR count). The molecule has 0 aliphatic carbocycles. The lowest BCUT2D eigenvalue weighted by Gasteiger charge is -2.19. The summed E-state index contributed by atoms with van der Waals surface area (Å²) in [6, 6.07) is 19.9. The lowest BCUT2D eigenvalue weighted by molar-refractivity contribution is -0.113. The molecule has 0 atom stereocenters. The van der Waals surface area contributed by atoms with Gasteiger partial charge in [0.05, 0.1) is 10.7 Å². The Labute approximate surface area is 171 Å². The van der Waals surface area contributed by atoms with Gasteiger partial charge < -0.3 is 0 Å². The molecule has 0 saturated heterocycles. The number of hydrogen-bond acceptors (Lipinski definition) is 2. The van der Waals surface area contributed by atoms with E-state index in [1.165, 1.54) is 17.0 Å². The van der Waals surface area contributed by atoms with Crippen LogP contribution < -0.4 is 4.90 Å². The molecule has 28 heavy (non-hydrogen) atoms. The van der Waals surface area contributed by atoms with Crippen LogP contribution in [-0.2, 0) is 4.79 Å². The molecule has 3 nitrogen and oxygen atoms in total. The molecule has 1 aliphatic rings. The molecule has 3 aromatic rings. The Morgan fingerprint density at radius 3 is 2.25 bits per heavy atom. The van der Waals surface area contributed by atoms with Gasteiger partial charge in [-0.25, -0.2) is 9.38 Å². The number of amides is 1. The summed E-state index contributed by atoms with van der Waals surface area (Å²) in [6.45, 7) is 0. The number of amidine groups is 1. The number of nitrogens with zero attached hydrogens (tertiary/aromatic N) is 2. The third kappa shape index (κ3) is 3.57. The molecule has 0 unspecified atom stereocenters. The zero-order valence-electron chi connectivity index (χ0n) is 14.4. The highest BCUT2D eigenvalue weighted by Crippen LogP contribution is 2.31. The van der Waals surface area contributed by atoms with E-state index in [1.54, 1.807) is 54.6 Å². The summed E-state index contributed by atoms with van der Waals surface area (Å²) in [5, 5.41) is 1.05. The first-order valence-electron chi connectivity index (χ1n) is 8.44. The number of hydrogen-bond donors (Lipinski definition) is 0. The summed E-state index contributed by atoms with van der Waals surface area (Å²) in [6.07, 6.45) is 1.62. The normalized spacial score (nSPS) is 15.2. The number of benzene rings is 3. The van der Waals surface area contributed by atoms with Gasteiger partial charge in [0.25, 0.3) is 5.91 Å². The molecule has 0 fully saturated rings. The molecule has 0 aromatic heterocycles. The van der Waals surface area contributed by atoms with Crippen LogP contribution in [0.2, 0.25) is 10.0 Å². The number of carbonyl (C=O) groups is 1. The van der Waals surface area contributed by atoms with E-state index in [-0.39, 0.29) is 17.4 Å². The van der Waals surface area contributed by atoms with Crippen molar-refractivity contribution >= 4 is 46.7 Å². The first-order valence-corrected chi connectivity index (χ1v) is 9.19. The molecule has 6 heteroatoms. The number of aliphatic imine (C=N–C) groups is 1. The lowest BCUT2D eigenvalue weighted by atomic mass is 10.1. The summed E-state index contributed by atoms with van der Waals surface area (Å²) < 4.78 is 13.2. The van der Waals surface area contributed by atoms with E-state index in [1.807, 2.05) is 12.1 Å². The molecule has 1 aliphatic heterocycles. The standard InChI is InChI=1S/C22H13Cl2FN2O/c23-15-7-11-17(12-8-15)27-21(18-3-1-2-4-19(18)24)26-20(22(27)28)13-14-5-9-16(25)10-6-14/h1-13H/b20-13+. The first kappa shape index (κ1) is 18.4. The molecule has 0 spiro atoms. The minimum atomic E-state index is -0.344. The van der Waals surface area contributed by atoms with E-state index >= 15 is 0 Å². The number of carbonyl (C=O) groups excluding carboxylic acids is 1. The van der Waals surface area contributed by atoms with Crippen LogP contribution in [0, 0.1) is 5.82 Å². The van der Waals surface area contributed by atoms with Crippen LogP contribution in [0.4, 0.5) is 10.1 Å². The fourth-order valence-corrected chi connectivity index (χ4v) is 3.23. The Kier molecular flexibility index (Phi) is 4.99. The van der Waals surface area contributed by atoms with E-state index in [4.69, 9.17) is 23.2 Å². The quantitative estimate of drug-likeness (QED) is 0.489. The summed E-state index contributed by atoms with van der Waals surface area (Å²) in [4.78, 5) is 19.2. The fraction of sp³-hybridized carbons (Fsp3) is 0. The second kappa shape index (κ2) is 7.58. The van der Waals surface area contributed by atoms with Gasteiger partial charge in [-0.15, -0.1) is 0 Å². The molecule has 1 heterocycles. The molecule has 0 N–H and O–H groups in total. The molecule has 0 bridgehead atoms. The van der Waals surface area contributed by atoms with E-state index in [2.05, 4.69) is 4.99 Å². The Morgan fingerprint density at radius 2 is 1.57 bits per heavy atom. The second-order valence-corrected chi connectivity index (χ2v) is 6.96. The van der Waals surface area contributed by atoms with Crippen LogP contribution in [0.15, 0.2) is 83.5 Å². The molecule has 3 aromatic carbocycles. The van der Waals surface area contributed by atoms with Gasteiger partial charge in [-0.05, 0) is 60.2 Å². The second-order valence-electron chi connectivity index (χ2n) is 6.11. The Bertz CT molecular complexity index is 1110. The smallest absolute Gasteiger partial charge is 0.266 e. The minimum Gasteiger partial charge on any atom is -0.266 e. The van der Waals surface area contributed by atoms with Gasteiger partial charge in [0.1, 0.15) is 17.3 Å². The van der Waals surface area contributed by atoms with Crippen LogP contribution in [-0.4, -0.2) is 11.7 Å². The highest BCUT2D eigenvalue weighted by atomic mass is 35.5. The predicted octanol–water partition coefficient (Wildman–Crippen LogP) is 5.97. The van der Waals surface area contributed by atoms with Gasteiger partial charge in [-0.2, -0.15) is 0 Å². The average molecular weight is 411 g/mol. The van der Waals surface area contributed by atoms with Crippen LogP contribution >= 0.6 is 23.2 Å². The topological polar surface area (TPSA) is 32.7 Å². The van der Waals surface area contributed by atoms with Crippen LogP contribution in [0.3, 0.4) is 0 Å². The van der Waals surface area contributed by atoms with Crippen molar-refractivity contribution in [3.63, 3.8) is 0 Å². The first-order chi connectivity index (χ1) is 13.5. The summed E-state index contributed by atoms with van der Waals surface area (Å²) >= 11 is 12.3. The Morgan fingerprint density at radius 1 is 0.893 bits per heavy atom. The number of halogens is 3. The predicted molar refractivity (Wildman–Crippen MR) is 111 cm³/mol. The lowest BCUT2D eigenvalue weighted by Crippen LogP contribution is -2.32. The molecular weight excluding hydrogens is 398 g/mol. The van der Waals surface area contributed by atoms with Crippen molar-refractivity contribution in [2.75, 3.05) is 4.90 Å². The highest BCUT2D eigenvalue weighted by Gasteiger charge is 2.33. The number of anilines is 1. The zero-order valence-corrected chi connectivity index (χ0v) is 16.0. The highest BCUT2D eigenvalue weighted by molar-refractivity contribution is 6.39. The molecule has 138 valence electrons. The van der Waals surface area contributed by atoms with Gasteiger partial charge in [0, 0.05) is 10.6 Å². The maximum Gasteiger partial charge on any atom is 0.282 e. The number of rotatable bonds is 3. The van der Waals surface area contributed by atoms with Gasteiger partial charge in [0.2, 0.25) is 0 Å². The van der Waals surface area contributed by atoms with Crippen LogP contribution in [0.25, 0.3) is 6.08 Å². The summed E-state index contributed by atoms with van der Waals surface area (Å²) in [5.74, 6) is -0.226. The summed E-state index contributed by atoms with van der Waals surface area (Å²) in [7, 11) is 0. The summed E-state index contributed by atoms with van der Waals surface area (Å²) in [5.41, 5.74) is 2.16. The maximum atomic E-state index is 13.2. The molecule has 1 amide bonds. The third-order valence-electron chi connectivity index (χ3n) is 4.23. The minimum absolute atomic E-state index is 0.233. The van der Waals surface area contributed by atoms with Crippen LogP contribution in [0.5, 0.6) is 0 Å². The van der Waals surface area contributed by atoms with Gasteiger partial charge in [-0.1, -0.05) is 47.5 Å². The van der Waals surface area contributed by atoms with Crippen molar-refractivity contribution in [3.8, 4) is 0 Å². The van der Waals surface area contributed by atoms with Crippen molar-refractivity contribution in [2.24, 2.45) is 4.99 Å². The zero-order chi connectivity index (χ0) is 19.7. The Balaban J connectivity index is 1.84. The maximum absolute atomic E-state index is 13.2. The van der Waals surface area contributed by atoms with E-state index in [0.717, 1.165) is 0 Å². The fourth-order valence-electron chi connectivity index (χ4n) is 2.89. The third-order valence-corrected chi connectivity index (χ3v) is 4.81. The van der Waals surface area contributed by atoms with Gasteiger partial charge in [0.15, 0.2) is 0 Å². The largest absolute Gasteiger partial charge is 0.282 e.